The molecule has 53 heavy (non-hydrogen) atoms. The third-order valence-electron chi connectivity index (χ3n) is 9.01. The molecule has 2 aromatic rings. The second-order valence-electron chi connectivity index (χ2n) is 13.3. The minimum absolute atomic E-state index is 0.138. The van der Waals surface area contributed by atoms with E-state index in [1.165, 1.54) is 32.2 Å². The number of rotatable bonds is 12. The predicted molar refractivity (Wildman–Crippen MR) is 172 cm³/mol. The molecule has 0 saturated carbocycles. The number of aliphatic hydroxyl groups excluding tert-OH is 5. The van der Waals surface area contributed by atoms with Crippen molar-refractivity contribution in [3.8, 4) is 28.7 Å². The molecule has 3 aliphatic rings. The van der Waals surface area contributed by atoms with E-state index in [0.29, 0.717) is 5.56 Å². The summed E-state index contributed by atoms with van der Waals surface area (Å²) in [6.07, 6.45) is -19.4. The Morgan fingerprint density at radius 1 is 0.906 bits per heavy atom. The quantitative estimate of drug-likeness (QED) is 0.118. The second-order valence-corrected chi connectivity index (χ2v) is 13.3. The van der Waals surface area contributed by atoms with E-state index in [9.17, 15) is 55.2 Å². The van der Waals surface area contributed by atoms with E-state index >= 15 is 0 Å². The van der Waals surface area contributed by atoms with Crippen LogP contribution in [0.3, 0.4) is 0 Å². The van der Waals surface area contributed by atoms with Crippen molar-refractivity contribution in [1.29, 1.82) is 0 Å². The maximum absolute atomic E-state index is 13.1. The van der Waals surface area contributed by atoms with Gasteiger partial charge in [-0.05, 0) is 31.5 Å². The van der Waals surface area contributed by atoms with Crippen molar-refractivity contribution in [3.63, 3.8) is 0 Å². The highest BCUT2D eigenvalue weighted by molar-refractivity contribution is 6.02. The van der Waals surface area contributed by atoms with Crippen LogP contribution in [0.2, 0.25) is 0 Å². The number of carbonyl (C=O) groups excluding carboxylic acids is 2. The number of carbonyl (C=O) groups is 3. The second kappa shape index (κ2) is 16.0. The van der Waals surface area contributed by atoms with Gasteiger partial charge in [-0.1, -0.05) is 6.07 Å². The molecule has 292 valence electrons. The molecule has 9 N–H and O–H groups in total. The van der Waals surface area contributed by atoms with Crippen LogP contribution in [0.15, 0.2) is 30.3 Å². The molecule has 2 fully saturated rings. The van der Waals surface area contributed by atoms with E-state index in [1.807, 2.05) is 0 Å². The molecule has 5 rings (SSSR count). The number of ketones is 1. The number of aromatic hydroxyl groups is 2. The lowest BCUT2D eigenvalue weighted by Gasteiger charge is -2.45. The van der Waals surface area contributed by atoms with Crippen molar-refractivity contribution < 1.29 is 93.5 Å². The molecule has 0 unspecified atom stereocenters. The molecule has 2 aromatic carbocycles. The van der Waals surface area contributed by atoms with Crippen LogP contribution < -0.4 is 14.2 Å². The monoisotopic (exact) mass is 754 g/mol. The number of hydrogen-bond acceptors (Lipinski definition) is 18. The van der Waals surface area contributed by atoms with Gasteiger partial charge in [0.15, 0.2) is 29.7 Å². The maximum atomic E-state index is 13.1. The van der Waals surface area contributed by atoms with Gasteiger partial charge in [0.1, 0.15) is 72.1 Å². The van der Waals surface area contributed by atoms with E-state index in [4.69, 9.17) is 38.3 Å². The fourth-order valence-electron chi connectivity index (χ4n) is 6.20. The minimum atomic E-state index is -1.97. The summed E-state index contributed by atoms with van der Waals surface area (Å²) in [5.74, 6) is -3.91. The topological polar surface area (TPSA) is 298 Å². The van der Waals surface area contributed by atoms with Crippen LogP contribution in [0.5, 0.6) is 28.7 Å². The van der Waals surface area contributed by atoms with Gasteiger partial charge in [-0.2, -0.15) is 0 Å². The average Bonchev–Trinajstić information content (AvgIpc) is 3.07. The van der Waals surface area contributed by atoms with Crippen LogP contribution in [0.4, 0.5) is 0 Å². The zero-order valence-corrected chi connectivity index (χ0v) is 28.7. The summed E-state index contributed by atoms with van der Waals surface area (Å²) in [6, 6.07) is 6.65. The molecule has 0 bridgehead atoms. The smallest absolute Gasteiger partial charge is 0.308 e. The Hall–Kier alpha value is -4.31. The van der Waals surface area contributed by atoms with Crippen molar-refractivity contribution >= 4 is 17.7 Å². The Labute approximate surface area is 301 Å². The van der Waals surface area contributed by atoms with Gasteiger partial charge in [-0.15, -0.1) is 0 Å². The number of fused-ring (bicyclic) bond motifs is 1. The molecule has 3 aliphatic heterocycles. The van der Waals surface area contributed by atoms with Crippen LogP contribution >= 0.6 is 0 Å². The molecule has 2 saturated heterocycles. The Kier molecular flexibility index (Phi) is 12.0. The van der Waals surface area contributed by atoms with Crippen molar-refractivity contribution in [1.82, 2.24) is 0 Å². The van der Waals surface area contributed by atoms with Gasteiger partial charge >= 0.3 is 11.9 Å². The fourth-order valence-corrected chi connectivity index (χ4v) is 6.20. The van der Waals surface area contributed by atoms with Crippen LogP contribution in [0.1, 0.15) is 55.1 Å². The van der Waals surface area contributed by atoms with Crippen molar-refractivity contribution in [2.75, 3.05) is 13.7 Å². The van der Waals surface area contributed by atoms with Crippen molar-refractivity contribution in [3.05, 3.63) is 41.5 Å². The zero-order valence-electron chi connectivity index (χ0n) is 28.7. The van der Waals surface area contributed by atoms with Crippen LogP contribution in [-0.2, 0) is 28.5 Å². The highest BCUT2D eigenvalue weighted by atomic mass is 16.8. The number of aliphatic hydroxyl groups is 6. The van der Waals surface area contributed by atoms with Gasteiger partial charge in [0, 0.05) is 12.1 Å². The molecule has 0 amide bonds. The summed E-state index contributed by atoms with van der Waals surface area (Å²) >= 11 is 0. The van der Waals surface area contributed by atoms with Gasteiger partial charge in [-0.25, -0.2) is 0 Å². The molecule has 19 heteroatoms. The predicted octanol–water partition coefficient (Wildman–Crippen LogP) is -0.990. The van der Waals surface area contributed by atoms with Crippen molar-refractivity contribution in [2.24, 2.45) is 0 Å². The van der Waals surface area contributed by atoms with Crippen LogP contribution in [-0.4, -0.2) is 144 Å². The first-order valence-electron chi connectivity index (χ1n) is 16.5. The largest absolute Gasteiger partial charge is 0.507 e. The summed E-state index contributed by atoms with van der Waals surface area (Å²) in [4.78, 5) is 36.6. The first kappa shape index (κ1) is 39.9. The molecule has 0 aliphatic carbocycles. The average molecular weight is 755 g/mol. The van der Waals surface area contributed by atoms with Gasteiger partial charge in [0.2, 0.25) is 6.29 Å². The summed E-state index contributed by atoms with van der Waals surface area (Å²) in [7, 11) is 1.37. The van der Waals surface area contributed by atoms with Gasteiger partial charge in [0.25, 0.3) is 0 Å². The summed E-state index contributed by atoms with van der Waals surface area (Å²) in [5.41, 5.74) is -1.74. The Bertz CT molecular complexity index is 1660. The maximum Gasteiger partial charge on any atom is 0.308 e. The molecule has 3 heterocycles. The molecule has 0 spiro atoms. The molecule has 19 nitrogen and oxygen atoms in total. The molecule has 0 radical (unpaired) electrons. The normalized spacial score (nSPS) is 32.5. The number of methoxy groups -OCH3 is 1. The Morgan fingerprint density at radius 3 is 2.28 bits per heavy atom. The minimum Gasteiger partial charge on any atom is -0.507 e. The lowest BCUT2D eigenvalue weighted by Crippen LogP contribution is -2.64. The number of carboxylic acids is 1. The van der Waals surface area contributed by atoms with Gasteiger partial charge in [0.05, 0.1) is 38.1 Å². The number of hydrogen-bond donors (Lipinski definition) is 9. The standard InChI is InChI=1S/C34H42O19/c1-13-26(41)28(43)30(45)32(49-13)53-31-29(44)27(42)22(12-48-24(40)11-34(2,46)10-23(38)39)52-33(31)50-15-7-17(36)25-18(37)9-20(51-21(25)8-15)14-4-5-19(47-3)16(35)6-14/h4-8,13,20,22,26-33,35-36,41-46H,9-12H2,1-3H3,(H,38,39)/t13-,20-,22-,26-,27-,28+,29+,30-,31-,32-,33-,34-/m0/s1. The fraction of sp³-hybridized carbons (Fsp3) is 0.559. The number of ether oxygens (including phenoxy) is 7. The van der Waals surface area contributed by atoms with E-state index in [0.717, 1.165) is 13.0 Å². The van der Waals surface area contributed by atoms with E-state index in [1.54, 1.807) is 6.07 Å². The lowest BCUT2D eigenvalue weighted by atomic mass is 9.95. The highest BCUT2D eigenvalue weighted by Gasteiger charge is 2.51. The number of phenols is 2. The molecular weight excluding hydrogens is 712 g/mol. The number of carboxylic acid groups (broad SMARTS) is 1. The summed E-state index contributed by atoms with van der Waals surface area (Å²) in [5, 5.41) is 93.6. The third kappa shape index (κ3) is 8.91. The number of benzene rings is 2. The Balaban J connectivity index is 1.40. The first-order valence-corrected chi connectivity index (χ1v) is 16.5. The van der Waals surface area contributed by atoms with Gasteiger partial charge < -0.3 is 79.1 Å². The molecular formula is C34H42O19. The van der Waals surface area contributed by atoms with Gasteiger partial charge in [-0.3, -0.25) is 14.4 Å². The Morgan fingerprint density at radius 2 is 1.62 bits per heavy atom. The van der Waals surface area contributed by atoms with E-state index in [2.05, 4.69) is 0 Å². The number of Topliss-reactive ketones (excluding diaryl/α,β-unsaturated/α-hetero) is 1. The number of aliphatic carboxylic acids is 1. The SMILES string of the molecule is COc1ccc([C@@H]2CC(=O)c3c(O)cc(O[C@H]4O[C@@H](COC(=O)C[C@@](C)(O)CC(=O)O)[C@H](O)[C@@H](O)[C@@H]4O[C@@H]4O[C@@H](C)[C@H](O)[C@@H](O)[C@@H]4O)cc3O2)cc1O. The number of esters is 1. The van der Waals surface area contributed by atoms with E-state index < -0.39 is 116 Å². The van der Waals surface area contributed by atoms with Crippen LogP contribution in [0, 0.1) is 0 Å². The van der Waals surface area contributed by atoms with Crippen LogP contribution in [0.25, 0.3) is 0 Å². The summed E-state index contributed by atoms with van der Waals surface area (Å²) < 4.78 is 39.2. The third-order valence-corrected chi connectivity index (χ3v) is 9.01. The van der Waals surface area contributed by atoms with E-state index in [-0.39, 0.29) is 35.0 Å². The highest BCUT2D eigenvalue weighted by Crippen LogP contribution is 2.44. The molecule has 12 atom stereocenters. The first-order chi connectivity index (χ1) is 24.9. The zero-order chi connectivity index (χ0) is 38.9. The number of phenolic OH excluding ortho intramolecular Hbond substituents is 2. The lowest BCUT2D eigenvalue weighted by molar-refractivity contribution is -0.354. The molecule has 0 aromatic heterocycles. The summed E-state index contributed by atoms with van der Waals surface area (Å²) in [6.45, 7) is 1.74. The van der Waals surface area contributed by atoms with Crippen molar-refractivity contribution in [2.45, 2.75) is 106 Å².